The summed E-state index contributed by atoms with van der Waals surface area (Å²) in [5.41, 5.74) is 9.68. The molecule has 0 unspecified atom stereocenters. The minimum Gasteiger partial charge on any atom is -0.478 e. The Balaban J connectivity index is 1.87. The molecule has 0 aliphatic rings. The number of anilines is 2. The van der Waals surface area contributed by atoms with Crippen molar-refractivity contribution >= 4 is 38.9 Å². The zero-order valence-electron chi connectivity index (χ0n) is 12.8. The summed E-state index contributed by atoms with van der Waals surface area (Å²) < 4.78 is 0.816. The smallest absolute Gasteiger partial charge is 0.339 e. The summed E-state index contributed by atoms with van der Waals surface area (Å²) in [6.07, 6.45) is 1.38. The van der Waals surface area contributed by atoms with Crippen LogP contribution in [0.1, 0.15) is 35.7 Å². The first-order chi connectivity index (χ1) is 11.1. The molecule has 0 saturated heterocycles. The van der Waals surface area contributed by atoms with Crippen molar-refractivity contribution in [3.8, 4) is 0 Å². The van der Waals surface area contributed by atoms with Gasteiger partial charge in [0.25, 0.3) is 0 Å². The van der Waals surface area contributed by atoms with Gasteiger partial charge in [-0.2, -0.15) is 0 Å². The molecule has 1 aromatic carbocycles. The monoisotopic (exact) mass is 327 g/mol. The number of aromatic carboxylic acids is 1. The lowest BCUT2D eigenvalue weighted by molar-refractivity contribution is 0.0697. The van der Waals surface area contributed by atoms with E-state index < -0.39 is 5.97 Å². The summed E-state index contributed by atoms with van der Waals surface area (Å²) in [5.74, 6) is -0.534. The predicted octanol–water partition coefficient (Wildman–Crippen LogP) is 4.56. The number of benzene rings is 1. The molecular weight excluding hydrogens is 310 g/mol. The molecule has 0 aliphatic heterocycles. The van der Waals surface area contributed by atoms with Crippen LogP contribution in [-0.2, 0) is 0 Å². The number of hydrazine groups is 1. The summed E-state index contributed by atoms with van der Waals surface area (Å²) in [4.78, 5) is 15.6. The van der Waals surface area contributed by atoms with Crippen LogP contribution in [0.2, 0.25) is 0 Å². The third kappa shape index (κ3) is 3.12. The van der Waals surface area contributed by atoms with Crippen LogP contribution < -0.4 is 10.9 Å². The first-order valence-electron chi connectivity index (χ1n) is 7.27. The Kier molecular flexibility index (Phi) is 4.16. The van der Waals surface area contributed by atoms with E-state index in [1.54, 1.807) is 0 Å². The standard InChI is InChI=1S/C17H17N3O2S/c1-10(2)11-3-5-12(6-4-11)19-20-15-13(17(21)22)9-18-14-7-8-23-16(14)15/h3-10,19H,1-2H3,(H,18,20)(H,21,22). The molecule has 0 radical (unpaired) electrons. The molecule has 2 aromatic heterocycles. The van der Waals surface area contributed by atoms with Crippen molar-refractivity contribution < 1.29 is 9.90 Å². The van der Waals surface area contributed by atoms with Crippen molar-refractivity contribution in [3.63, 3.8) is 0 Å². The summed E-state index contributed by atoms with van der Waals surface area (Å²) in [6, 6.07) is 9.92. The van der Waals surface area contributed by atoms with Gasteiger partial charge in [0.2, 0.25) is 0 Å². The molecule has 23 heavy (non-hydrogen) atoms. The van der Waals surface area contributed by atoms with Gasteiger partial charge in [0.05, 0.1) is 21.6 Å². The minimum atomic E-state index is -1.01. The zero-order valence-corrected chi connectivity index (χ0v) is 13.6. The number of thiophene rings is 1. The van der Waals surface area contributed by atoms with Gasteiger partial charge in [-0.05, 0) is 35.1 Å². The number of hydrogen-bond acceptors (Lipinski definition) is 5. The second kappa shape index (κ2) is 6.26. The predicted molar refractivity (Wildman–Crippen MR) is 94.4 cm³/mol. The average Bonchev–Trinajstić information content (AvgIpc) is 3.01. The number of aromatic nitrogens is 1. The van der Waals surface area contributed by atoms with Gasteiger partial charge in [-0.15, -0.1) is 11.3 Å². The highest BCUT2D eigenvalue weighted by molar-refractivity contribution is 7.17. The minimum absolute atomic E-state index is 0.145. The third-order valence-electron chi connectivity index (χ3n) is 3.61. The van der Waals surface area contributed by atoms with Gasteiger partial charge in [0, 0.05) is 6.20 Å². The van der Waals surface area contributed by atoms with Gasteiger partial charge in [-0.3, -0.25) is 10.4 Å². The van der Waals surface area contributed by atoms with E-state index in [1.807, 2.05) is 23.6 Å². The molecule has 0 fully saturated rings. The SMILES string of the molecule is CC(C)c1ccc(NNc2c(C(=O)O)cnc3ccsc23)cc1. The van der Waals surface area contributed by atoms with Crippen molar-refractivity contribution in [2.45, 2.75) is 19.8 Å². The molecule has 118 valence electrons. The number of pyridine rings is 1. The van der Waals surface area contributed by atoms with Crippen molar-refractivity contribution in [3.05, 3.63) is 53.0 Å². The number of rotatable bonds is 5. The first-order valence-corrected chi connectivity index (χ1v) is 8.15. The molecule has 0 saturated carbocycles. The van der Waals surface area contributed by atoms with Crippen LogP contribution in [0, 0.1) is 0 Å². The van der Waals surface area contributed by atoms with Gasteiger partial charge in [0.15, 0.2) is 0 Å². The van der Waals surface area contributed by atoms with Crippen LogP contribution >= 0.6 is 11.3 Å². The largest absolute Gasteiger partial charge is 0.478 e. The Morgan fingerprint density at radius 2 is 1.91 bits per heavy atom. The molecule has 0 atom stereocenters. The summed E-state index contributed by atoms with van der Waals surface area (Å²) in [5, 5.41) is 11.2. The average molecular weight is 327 g/mol. The van der Waals surface area contributed by atoms with Crippen LogP contribution in [0.4, 0.5) is 11.4 Å². The number of hydrogen-bond donors (Lipinski definition) is 3. The highest BCUT2D eigenvalue weighted by Crippen LogP contribution is 2.30. The molecule has 0 bridgehead atoms. The molecule has 3 rings (SSSR count). The maximum Gasteiger partial charge on any atom is 0.339 e. The van der Waals surface area contributed by atoms with Gasteiger partial charge in [-0.1, -0.05) is 26.0 Å². The van der Waals surface area contributed by atoms with Gasteiger partial charge < -0.3 is 10.5 Å². The van der Waals surface area contributed by atoms with Crippen LogP contribution in [-0.4, -0.2) is 16.1 Å². The fraction of sp³-hybridized carbons (Fsp3) is 0.176. The fourth-order valence-corrected chi connectivity index (χ4v) is 3.14. The lowest BCUT2D eigenvalue weighted by Crippen LogP contribution is -2.13. The number of carbonyl (C=O) groups is 1. The van der Waals surface area contributed by atoms with Crippen LogP contribution in [0.3, 0.4) is 0 Å². The highest BCUT2D eigenvalue weighted by atomic mass is 32.1. The molecule has 3 N–H and O–H groups in total. The Hall–Kier alpha value is -2.60. The highest BCUT2D eigenvalue weighted by Gasteiger charge is 2.15. The van der Waals surface area contributed by atoms with E-state index in [-0.39, 0.29) is 5.56 Å². The van der Waals surface area contributed by atoms with Crippen molar-refractivity contribution in [1.29, 1.82) is 0 Å². The Morgan fingerprint density at radius 3 is 2.57 bits per heavy atom. The second-order valence-electron chi connectivity index (χ2n) is 5.51. The summed E-state index contributed by atoms with van der Waals surface area (Å²) >= 11 is 1.46. The molecule has 3 aromatic rings. The number of nitrogens with one attached hydrogen (secondary N) is 2. The van der Waals surface area contributed by atoms with Crippen LogP contribution in [0.5, 0.6) is 0 Å². The van der Waals surface area contributed by atoms with E-state index in [1.165, 1.54) is 23.1 Å². The molecule has 2 heterocycles. The van der Waals surface area contributed by atoms with E-state index in [0.717, 1.165) is 15.9 Å². The fourth-order valence-electron chi connectivity index (χ4n) is 2.28. The van der Waals surface area contributed by atoms with E-state index in [9.17, 15) is 9.90 Å². The molecule has 0 spiro atoms. The maximum atomic E-state index is 11.4. The molecule has 0 amide bonds. The Labute approximate surface area is 138 Å². The van der Waals surface area contributed by atoms with E-state index in [0.29, 0.717) is 11.6 Å². The first kappa shape index (κ1) is 15.3. The molecule has 5 nitrogen and oxygen atoms in total. The lowest BCUT2D eigenvalue weighted by atomic mass is 10.0. The Bertz CT molecular complexity index is 841. The summed E-state index contributed by atoms with van der Waals surface area (Å²) in [6.45, 7) is 4.29. The number of carboxylic acid groups (broad SMARTS) is 1. The second-order valence-corrected chi connectivity index (χ2v) is 6.43. The number of nitrogens with zero attached hydrogens (tertiary/aromatic N) is 1. The number of fused-ring (bicyclic) bond motifs is 1. The van der Waals surface area contributed by atoms with E-state index in [4.69, 9.17) is 0 Å². The van der Waals surface area contributed by atoms with Crippen LogP contribution in [0.25, 0.3) is 10.2 Å². The maximum absolute atomic E-state index is 11.4. The molecule has 0 aliphatic carbocycles. The summed E-state index contributed by atoms with van der Waals surface area (Å²) in [7, 11) is 0. The zero-order chi connectivity index (χ0) is 16.4. The van der Waals surface area contributed by atoms with Crippen molar-refractivity contribution in [2.24, 2.45) is 0 Å². The topological polar surface area (TPSA) is 74.2 Å². The number of carboxylic acids is 1. The van der Waals surface area contributed by atoms with Gasteiger partial charge in [-0.25, -0.2) is 4.79 Å². The molecular formula is C17H17N3O2S. The van der Waals surface area contributed by atoms with Gasteiger partial charge >= 0.3 is 5.97 Å². The molecule has 6 heteroatoms. The normalized spacial score (nSPS) is 10.9. The van der Waals surface area contributed by atoms with Crippen LogP contribution in [0.15, 0.2) is 41.9 Å². The van der Waals surface area contributed by atoms with Gasteiger partial charge in [0.1, 0.15) is 5.56 Å². The van der Waals surface area contributed by atoms with E-state index in [2.05, 4.69) is 41.8 Å². The lowest BCUT2D eigenvalue weighted by Gasteiger charge is -2.13. The Morgan fingerprint density at radius 1 is 1.17 bits per heavy atom. The third-order valence-corrected chi connectivity index (χ3v) is 4.53. The quantitative estimate of drug-likeness (QED) is 0.599. The van der Waals surface area contributed by atoms with Crippen molar-refractivity contribution in [2.75, 3.05) is 10.9 Å². The van der Waals surface area contributed by atoms with E-state index >= 15 is 0 Å². The van der Waals surface area contributed by atoms with Crippen molar-refractivity contribution in [1.82, 2.24) is 4.98 Å².